The predicted octanol–water partition coefficient (Wildman–Crippen LogP) is 3.41. The number of ether oxygens (including phenoxy) is 2. The first-order chi connectivity index (χ1) is 18.8. The van der Waals surface area contributed by atoms with E-state index in [9.17, 15) is 13.2 Å². The number of sulfonamides is 1. The third kappa shape index (κ3) is 5.10. The van der Waals surface area contributed by atoms with Gasteiger partial charge in [0.15, 0.2) is 0 Å². The number of aromatic amines is 1. The van der Waals surface area contributed by atoms with Crippen LogP contribution in [0.1, 0.15) is 29.3 Å². The van der Waals surface area contributed by atoms with Crippen molar-refractivity contribution in [3.05, 3.63) is 80.9 Å². The summed E-state index contributed by atoms with van der Waals surface area (Å²) in [6, 6.07) is 12.9. The summed E-state index contributed by atoms with van der Waals surface area (Å²) in [6.45, 7) is 1.82. The largest absolute Gasteiger partial charge is 0.416 e. The molecule has 2 unspecified atom stereocenters. The van der Waals surface area contributed by atoms with E-state index in [1.165, 1.54) is 4.31 Å². The van der Waals surface area contributed by atoms with Gasteiger partial charge in [-0.1, -0.05) is 35.9 Å². The summed E-state index contributed by atoms with van der Waals surface area (Å²) in [5.74, 6) is 0.387. The van der Waals surface area contributed by atoms with Gasteiger partial charge < -0.3 is 14.5 Å². The zero-order valence-electron chi connectivity index (χ0n) is 21.0. The molecule has 1 aromatic heterocycles. The van der Waals surface area contributed by atoms with Crippen molar-refractivity contribution < 1.29 is 22.7 Å². The highest BCUT2D eigenvalue weighted by molar-refractivity contribution is 7.89. The number of alkyl halides is 1. The van der Waals surface area contributed by atoms with Crippen LogP contribution in [-0.4, -0.2) is 66.9 Å². The quantitative estimate of drug-likeness (QED) is 0.472. The number of nitrogens with zero attached hydrogens (tertiary/aromatic N) is 2. The monoisotopic (exact) mass is 587 g/mol. The third-order valence-electron chi connectivity index (χ3n) is 7.35. The Kier molecular flexibility index (Phi) is 7.20. The molecule has 1 N–H and O–H groups in total. The number of halogens is 2. The maximum atomic E-state index is 13.5. The van der Waals surface area contributed by atoms with Crippen molar-refractivity contribution in [2.45, 2.75) is 29.2 Å². The van der Waals surface area contributed by atoms with Crippen LogP contribution in [0.2, 0.25) is 5.02 Å². The molecule has 39 heavy (non-hydrogen) atoms. The highest BCUT2D eigenvalue weighted by atomic mass is 35.5. The van der Waals surface area contributed by atoms with Crippen LogP contribution in [0.4, 0.5) is 4.79 Å². The highest BCUT2D eigenvalue weighted by Crippen LogP contribution is 2.34. The lowest BCUT2D eigenvalue weighted by atomic mass is 9.93. The average Bonchev–Trinajstić information content (AvgIpc) is 3.32. The van der Waals surface area contributed by atoms with Gasteiger partial charge in [0.05, 0.1) is 23.5 Å². The number of rotatable bonds is 4. The van der Waals surface area contributed by atoms with Gasteiger partial charge in [-0.3, -0.25) is 4.90 Å². The Bertz CT molecular complexity index is 1610. The van der Waals surface area contributed by atoms with Gasteiger partial charge in [0, 0.05) is 40.9 Å². The van der Waals surface area contributed by atoms with E-state index in [1.54, 1.807) is 53.4 Å². The molecule has 11 heteroatoms. The topological polar surface area (TPSA) is 91.9 Å². The molecule has 0 bridgehead atoms. The smallest absolute Gasteiger partial charge is 0.410 e. The van der Waals surface area contributed by atoms with E-state index in [4.69, 9.17) is 32.7 Å². The van der Waals surface area contributed by atoms with E-state index in [1.807, 2.05) is 0 Å². The van der Waals surface area contributed by atoms with E-state index in [2.05, 4.69) is 17.1 Å². The van der Waals surface area contributed by atoms with Gasteiger partial charge in [0.2, 0.25) is 10.0 Å². The summed E-state index contributed by atoms with van der Waals surface area (Å²) in [6.07, 6.45) is 4.98. The number of fused-ring (bicyclic) bond motifs is 3. The van der Waals surface area contributed by atoms with Crippen molar-refractivity contribution >= 4 is 51.5 Å². The Balaban J connectivity index is 1.38. The first-order valence-electron chi connectivity index (χ1n) is 12.8. The molecule has 2 atom stereocenters. The number of hydrogen-bond acceptors (Lipinski definition) is 5. The molecule has 3 heterocycles. The minimum absolute atomic E-state index is 0.0894. The van der Waals surface area contributed by atoms with Gasteiger partial charge in [0.1, 0.15) is 11.8 Å². The van der Waals surface area contributed by atoms with E-state index in [0.29, 0.717) is 50.0 Å². The Hall–Kier alpha value is -2.82. The minimum Gasteiger partial charge on any atom is -0.410 e. The van der Waals surface area contributed by atoms with E-state index >= 15 is 0 Å². The second-order valence-electron chi connectivity index (χ2n) is 9.72. The molecule has 0 spiro atoms. The van der Waals surface area contributed by atoms with Gasteiger partial charge in [-0.25, -0.2) is 13.2 Å². The van der Waals surface area contributed by atoms with Crippen LogP contribution in [-0.2, 0) is 21.2 Å². The lowest BCUT2D eigenvalue weighted by Gasteiger charge is -2.35. The summed E-state index contributed by atoms with van der Waals surface area (Å²) in [5, 5.41) is 2.51. The normalized spacial score (nSPS) is 21.3. The molecule has 2 aromatic carbocycles. The first-order valence-corrected chi connectivity index (χ1v) is 15.1. The molecular formula is C28H27Cl2N3O5S. The summed E-state index contributed by atoms with van der Waals surface area (Å²) in [7, 11) is -3.65. The van der Waals surface area contributed by atoms with E-state index in [-0.39, 0.29) is 10.3 Å². The van der Waals surface area contributed by atoms with Crippen molar-refractivity contribution in [1.82, 2.24) is 14.2 Å². The lowest BCUT2D eigenvalue weighted by Crippen LogP contribution is -2.43. The zero-order chi connectivity index (χ0) is 27.1. The SMILES string of the molecule is O=C(Oc1ccc(Cl)cc1)N1CCc2c([nH]c3c2=CC(Cl)CC=3)C1c1ccc(S(=O)(=O)N2CCOCC2)cc1. The van der Waals surface area contributed by atoms with Gasteiger partial charge in [-0.05, 0) is 60.4 Å². The molecule has 3 aliphatic rings. The molecular weight excluding hydrogens is 561 g/mol. The first kappa shape index (κ1) is 26.4. The second kappa shape index (κ2) is 10.6. The van der Waals surface area contributed by atoms with Gasteiger partial charge in [0.25, 0.3) is 0 Å². The molecule has 1 fully saturated rings. The Morgan fingerprint density at radius 3 is 2.46 bits per heavy atom. The average molecular weight is 589 g/mol. The van der Waals surface area contributed by atoms with Crippen LogP contribution in [0.3, 0.4) is 0 Å². The number of morpholine rings is 1. The fraction of sp³-hybridized carbons (Fsp3) is 0.321. The van der Waals surface area contributed by atoms with Gasteiger partial charge in [-0.2, -0.15) is 4.31 Å². The second-order valence-corrected chi connectivity index (χ2v) is 12.7. The van der Waals surface area contributed by atoms with Crippen LogP contribution < -0.4 is 15.3 Å². The Labute approximate surface area is 236 Å². The van der Waals surface area contributed by atoms with Crippen molar-refractivity contribution in [3.63, 3.8) is 0 Å². The lowest BCUT2D eigenvalue weighted by molar-refractivity contribution is 0.0730. The summed E-state index contributed by atoms with van der Waals surface area (Å²) in [5.41, 5.74) is 2.75. The molecule has 8 nitrogen and oxygen atoms in total. The number of hydrogen-bond donors (Lipinski definition) is 1. The number of H-pyrrole nitrogens is 1. The fourth-order valence-corrected chi connectivity index (χ4v) is 7.16. The Morgan fingerprint density at radius 2 is 1.74 bits per heavy atom. The molecule has 0 saturated carbocycles. The predicted molar refractivity (Wildman–Crippen MR) is 149 cm³/mol. The highest BCUT2D eigenvalue weighted by Gasteiger charge is 2.36. The molecule has 1 amide bonds. The molecule has 3 aromatic rings. The van der Waals surface area contributed by atoms with Crippen LogP contribution in [0.5, 0.6) is 5.75 Å². The molecule has 6 rings (SSSR count). The number of amides is 1. The van der Waals surface area contributed by atoms with Crippen molar-refractivity contribution in [2.24, 2.45) is 0 Å². The maximum Gasteiger partial charge on any atom is 0.416 e. The Morgan fingerprint density at radius 1 is 1.03 bits per heavy atom. The standard InChI is InChI=1S/C28H27Cl2N3O5S/c29-19-3-6-21(7-4-19)38-28(34)33-12-11-23-24-17-20(30)5-10-25(24)31-26(23)27(33)18-1-8-22(9-2-18)39(35,36)32-13-15-37-16-14-32/h1-4,6-10,17,20,27,31H,5,11-16H2. The number of carbonyl (C=O) groups is 1. The van der Waals surface area contributed by atoms with Crippen LogP contribution >= 0.6 is 23.2 Å². The van der Waals surface area contributed by atoms with Gasteiger partial charge >= 0.3 is 6.09 Å². The summed E-state index contributed by atoms with van der Waals surface area (Å²) >= 11 is 12.4. The summed E-state index contributed by atoms with van der Waals surface area (Å²) in [4.78, 5) is 18.9. The zero-order valence-corrected chi connectivity index (χ0v) is 23.3. The van der Waals surface area contributed by atoms with E-state index < -0.39 is 22.2 Å². The molecule has 2 aliphatic heterocycles. The van der Waals surface area contributed by atoms with Gasteiger partial charge in [-0.15, -0.1) is 11.6 Å². The molecule has 204 valence electrons. The van der Waals surface area contributed by atoms with E-state index in [0.717, 1.165) is 33.8 Å². The molecule has 1 aliphatic carbocycles. The number of benzene rings is 2. The summed E-state index contributed by atoms with van der Waals surface area (Å²) < 4.78 is 38.8. The maximum absolute atomic E-state index is 13.5. The minimum atomic E-state index is -3.65. The van der Waals surface area contributed by atoms with Crippen LogP contribution in [0.15, 0.2) is 53.4 Å². The number of nitrogens with one attached hydrogen (secondary N) is 1. The van der Waals surface area contributed by atoms with Crippen LogP contribution in [0.25, 0.3) is 12.2 Å². The van der Waals surface area contributed by atoms with Crippen molar-refractivity contribution in [2.75, 3.05) is 32.8 Å². The third-order valence-corrected chi connectivity index (χ3v) is 9.82. The molecule has 0 radical (unpaired) electrons. The number of carbonyl (C=O) groups excluding carboxylic acids is 1. The molecule has 1 saturated heterocycles. The number of aromatic nitrogens is 1. The van der Waals surface area contributed by atoms with Crippen molar-refractivity contribution in [3.8, 4) is 5.75 Å². The van der Waals surface area contributed by atoms with Crippen LogP contribution in [0, 0.1) is 0 Å². The fourth-order valence-electron chi connectivity index (χ4n) is 5.41. The van der Waals surface area contributed by atoms with Crippen molar-refractivity contribution in [1.29, 1.82) is 0 Å².